The molecular formula is C23H21F2N3O5. The Bertz CT molecular complexity index is 1170. The molecule has 10 heteroatoms. The van der Waals surface area contributed by atoms with Crippen molar-refractivity contribution in [2.75, 3.05) is 11.9 Å². The third-order valence-electron chi connectivity index (χ3n) is 4.55. The average Bonchev–Trinajstić information content (AvgIpc) is 3.21. The number of halogens is 2. The van der Waals surface area contributed by atoms with Crippen LogP contribution in [0.15, 0.2) is 47.0 Å². The van der Waals surface area contributed by atoms with Crippen molar-refractivity contribution in [3.8, 4) is 11.3 Å². The third kappa shape index (κ3) is 6.45. The summed E-state index contributed by atoms with van der Waals surface area (Å²) >= 11 is 0. The Balaban J connectivity index is 1.43. The molecule has 0 aliphatic heterocycles. The zero-order chi connectivity index (χ0) is 24.0. The number of hydrogen-bond acceptors (Lipinski definition) is 6. The van der Waals surface area contributed by atoms with Crippen molar-refractivity contribution in [3.63, 3.8) is 0 Å². The summed E-state index contributed by atoms with van der Waals surface area (Å²) in [6, 6.07) is 8.05. The van der Waals surface area contributed by atoms with Crippen LogP contribution in [0, 0.1) is 25.5 Å². The highest BCUT2D eigenvalue weighted by molar-refractivity contribution is 6.02. The van der Waals surface area contributed by atoms with Crippen molar-refractivity contribution in [1.29, 1.82) is 0 Å². The monoisotopic (exact) mass is 457 g/mol. The van der Waals surface area contributed by atoms with E-state index in [0.29, 0.717) is 5.69 Å². The van der Waals surface area contributed by atoms with Crippen LogP contribution in [0.1, 0.15) is 23.4 Å². The van der Waals surface area contributed by atoms with Gasteiger partial charge in [0.05, 0.1) is 18.2 Å². The van der Waals surface area contributed by atoms with Crippen molar-refractivity contribution in [1.82, 2.24) is 10.3 Å². The number of imide groups is 1. The Morgan fingerprint density at radius 3 is 2.52 bits per heavy atom. The van der Waals surface area contributed by atoms with Gasteiger partial charge in [0.1, 0.15) is 11.6 Å². The number of nitrogens with one attached hydrogen (secondary N) is 2. The second kappa shape index (κ2) is 10.5. The number of esters is 1. The first kappa shape index (κ1) is 23.6. The summed E-state index contributed by atoms with van der Waals surface area (Å²) in [5, 5.41) is 4.60. The van der Waals surface area contributed by atoms with E-state index in [1.54, 1.807) is 6.07 Å². The quantitative estimate of drug-likeness (QED) is 0.518. The highest BCUT2D eigenvalue weighted by Gasteiger charge is 2.17. The lowest BCUT2D eigenvalue weighted by Crippen LogP contribution is -2.37. The Labute approximate surface area is 188 Å². The molecule has 0 fully saturated rings. The molecular weight excluding hydrogens is 436 g/mol. The predicted octanol–water partition coefficient (Wildman–Crippen LogP) is 4.06. The van der Waals surface area contributed by atoms with Crippen molar-refractivity contribution >= 4 is 23.6 Å². The minimum absolute atomic E-state index is 0.0102. The van der Waals surface area contributed by atoms with Crippen LogP contribution >= 0.6 is 0 Å². The fourth-order valence-electron chi connectivity index (χ4n) is 2.97. The number of urea groups is 1. The van der Waals surface area contributed by atoms with Crippen LogP contribution in [0.5, 0.6) is 0 Å². The van der Waals surface area contributed by atoms with E-state index in [0.717, 1.165) is 29.5 Å². The smallest absolute Gasteiger partial charge is 0.325 e. The first-order valence-electron chi connectivity index (χ1n) is 9.95. The van der Waals surface area contributed by atoms with E-state index < -0.39 is 36.1 Å². The molecule has 3 rings (SSSR count). The van der Waals surface area contributed by atoms with Gasteiger partial charge in [-0.1, -0.05) is 23.8 Å². The first-order valence-corrected chi connectivity index (χ1v) is 9.95. The van der Waals surface area contributed by atoms with E-state index in [4.69, 9.17) is 9.15 Å². The fraction of sp³-hybridized carbons (Fsp3) is 0.217. The maximum absolute atomic E-state index is 13.8. The zero-order valence-electron chi connectivity index (χ0n) is 17.9. The van der Waals surface area contributed by atoms with Crippen molar-refractivity contribution in [2.45, 2.75) is 26.7 Å². The van der Waals surface area contributed by atoms with Crippen LogP contribution in [0.2, 0.25) is 0 Å². The van der Waals surface area contributed by atoms with Gasteiger partial charge in [-0.2, -0.15) is 0 Å². The van der Waals surface area contributed by atoms with Gasteiger partial charge in [-0.05, 0) is 37.6 Å². The molecule has 33 heavy (non-hydrogen) atoms. The summed E-state index contributed by atoms with van der Waals surface area (Å²) in [5.74, 6) is -3.18. The SMILES string of the molecule is Cc1ccc(NC(=O)NC(=O)COC(=O)CCc2ncc(-c3c(F)cccc3F)o2)c(C)c1. The molecule has 0 saturated carbocycles. The first-order chi connectivity index (χ1) is 15.7. The normalized spacial score (nSPS) is 10.5. The van der Waals surface area contributed by atoms with E-state index in [1.807, 2.05) is 26.0 Å². The Kier molecular flexibility index (Phi) is 7.50. The van der Waals surface area contributed by atoms with E-state index in [9.17, 15) is 23.2 Å². The van der Waals surface area contributed by atoms with E-state index in [-0.39, 0.29) is 30.1 Å². The maximum Gasteiger partial charge on any atom is 0.325 e. The predicted molar refractivity (Wildman–Crippen MR) is 114 cm³/mol. The summed E-state index contributed by atoms with van der Waals surface area (Å²) in [5.41, 5.74) is 2.05. The van der Waals surface area contributed by atoms with E-state index in [2.05, 4.69) is 15.6 Å². The lowest BCUT2D eigenvalue weighted by Gasteiger charge is -2.10. The van der Waals surface area contributed by atoms with E-state index in [1.165, 1.54) is 6.07 Å². The fourth-order valence-corrected chi connectivity index (χ4v) is 2.97. The Hall–Kier alpha value is -4.08. The molecule has 0 atom stereocenters. The van der Waals surface area contributed by atoms with Crippen molar-refractivity contribution in [2.24, 2.45) is 0 Å². The van der Waals surface area contributed by atoms with Gasteiger partial charge in [0.15, 0.2) is 18.3 Å². The van der Waals surface area contributed by atoms with Crippen LogP contribution in [0.4, 0.5) is 19.3 Å². The molecule has 3 amide bonds. The number of hydrogen-bond donors (Lipinski definition) is 2. The van der Waals surface area contributed by atoms with Crippen LogP contribution < -0.4 is 10.6 Å². The molecule has 0 aliphatic carbocycles. The van der Waals surface area contributed by atoms with Gasteiger partial charge in [-0.3, -0.25) is 14.9 Å². The molecule has 3 aromatic rings. The summed E-state index contributed by atoms with van der Waals surface area (Å²) < 4.78 is 37.8. The second-order valence-electron chi connectivity index (χ2n) is 7.20. The molecule has 172 valence electrons. The third-order valence-corrected chi connectivity index (χ3v) is 4.55. The second-order valence-corrected chi connectivity index (χ2v) is 7.20. The number of anilines is 1. The van der Waals surface area contributed by atoms with Gasteiger partial charge in [-0.25, -0.2) is 18.6 Å². The largest absolute Gasteiger partial charge is 0.456 e. The van der Waals surface area contributed by atoms with Gasteiger partial charge in [-0.15, -0.1) is 0 Å². The molecule has 0 radical (unpaired) electrons. The van der Waals surface area contributed by atoms with Crippen molar-refractivity contribution in [3.05, 3.63) is 71.2 Å². The standard InChI is InChI=1S/C23H21F2N3O5/c1-13-6-7-17(14(2)10-13)27-23(31)28-19(29)12-32-21(30)9-8-20-26-11-18(33-20)22-15(24)4-3-5-16(22)25/h3-7,10-11H,8-9,12H2,1-2H3,(H2,27,28,29,31). The minimum Gasteiger partial charge on any atom is -0.456 e. The molecule has 1 aromatic heterocycles. The highest BCUT2D eigenvalue weighted by atomic mass is 19.1. The summed E-state index contributed by atoms with van der Waals surface area (Å²) in [6.45, 7) is 3.07. The Morgan fingerprint density at radius 2 is 1.82 bits per heavy atom. The number of benzene rings is 2. The average molecular weight is 457 g/mol. The summed E-state index contributed by atoms with van der Waals surface area (Å²) in [6.07, 6.45) is 0.954. The number of oxazole rings is 1. The minimum atomic E-state index is -0.806. The topological polar surface area (TPSA) is 111 Å². The number of nitrogens with zero attached hydrogens (tertiary/aromatic N) is 1. The highest BCUT2D eigenvalue weighted by Crippen LogP contribution is 2.26. The van der Waals surface area contributed by atoms with Crippen LogP contribution in [0.25, 0.3) is 11.3 Å². The van der Waals surface area contributed by atoms with Gasteiger partial charge in [0.2, 0.25) is 0 Å². The van der Waals surface area contributed by atoms with Gasteiger partial charge in [0.25, 0.3) is 5.91 Å². The Morgan fingerprint density at radius 1 is 1.09 bits per heavy atom. The maximum atomic E-state index is 13.8. The summed E-state index contributed by atoms with van der Waals surface area (Å²) in [4.78, 5) is 39.5. The molecule has 2 aromatic carbocycles. The molecule has 1 heterocycles. The van der Waals surface area contributed by atoms with Crippen molar-refractivity contribution < 1.29 is 32.3 Å². The molecule has 0 bridgehead atoms. The van der Waals surface area contributed by atoms with Gasteiger partial charge in [0, 0.05) is 12.1 Å². The lowest BCUT2D eigenvalue weighted by atomic mass is 10.1. The van der Waals surface area contributed by atoms with Crippen LogP contribution in [-0.2, 0) is 20.7 Å². The molecule has 0 saturated heterocycles. The lowest BCUT2D eigenvalue weighted by molar-refractivity contribution is -0.148. The molecule has 2 N–H and O–H groups in total. The number of carbonyl (C=O) groups excluding carboxylic acids is 3. The molecule has 0 unspecified atom stereocenters. The van der Waals surface area contributed by atoms with Crippen LogP contribution in [0.3, 0.4) is 0 Å². The van der Waals surface area contributed by atoms with Crippen LogP contribution in [-0.4, -0.2) is 29.5 Å². The number of aromatic nitrogens is 1. The molecule has 8 nitrogen and oxygen atoms in total. The number of aryl methyl sites for hydroxylation is 3. The number of carbonyl (C=O) groups is 3. The zero-order valence-corrected chi connectivity index (χ0v) is 17.9. The van der Waals surface area contributed by atoms with Gasteiger partial charge >= 0.3 is 12.0 Å². The summed E-state index contributed by atoms with van der Waals surface area (Å²) in [7, 11) is 0. The molecule has 0 aliphatic rings. The van der Waals surface area contributed by atoms with E-state index >= 15 is 0 Å². The van der Waals surface area contributed by atoms with Gasteiger partial charge < -0.3 is 14.5 Å². The number of amides is 3. The molecule has 0 spiro atoms. The number of ether oxygens (including phenoxy) is 1. The number of rotatable bonds is 7.